The van der Waals surface area contributed by atoms with Crippen molar-refractivity contribution in [3.8, 4) is 6.07 Å². The summed E-state index contributed by atoms with van der Waals surface area (Å²) >= 11 is 0. The normalized spacial score (nSPS) is 21.4. The largest absolute Gasteiger partial charge is 0.465 e. The molecule has 1 fully saturated rings. The van der Waals surface area contributed by atoms with Crippen LogP contribution in [0, 0.1) is 22.7 Å². The molecule has 84 valence electrons. The Morgan fingerprint density at radius 3 is 2.53 bits per heavy atom. The van der Waals surface area contributed by atoms with Gasteiger partial charge in [-0.2, -0.15) is 5.26 Å². The molecule has 1 unspecified atom stereocenters. The lowest BCUT2D eigenvalue weighted by molar-refractivity contribution is -0.150. The van der Waals surface area contributed by atoms with Crippen LogP contribution in [-0.4, -0.2) is 12.6 Å². The Kier molecular flexibility index (Phi) is 4.14. The van der Waals surface area contributed by atoms with E-state index in [9.17, 15) is 4.79 Å². The van der Waals surface area contributed by atoms with Crippen LogP contribution in [0.1, 0.15) is 46.0 Å². The van der Waals surface area contributed by atoms with E-state index in [1.165, 1.54) is 6.42 Å². The maximum absolute atomic E-state index is 11.6. The van der Waals surface area contributed by atoms with Crippen LogP contribution in [-0.2, 0) is 9.53 Å². The van der Waals surface area contributed by atoms with E-state index in [4.69, 9.17) is 10.00 Å². The van der Waals surface area contributed by atoms with Crippen LogP contribution in [0.15, 0.2) is 0 Å². The Hall–Kier alpha value is -1.04. The molecule has 1 saturated carbocycles. The first-order valence-electron chi connectivity index (χ1n) is 5.70. The second kappa shape index (κ2) is 5.16. The maximum Gasteiger partial charge on any atom is 0.323 e. The van der Waals surface area contributed by atoms with E-state index in [1.807, 2.05) is 6.92 Å². The number of rotatable bonds is 3. The second-order valence-corrected chi connectivity index (χ2v) is 4.53. The van der Waals surface area contributed by atoms with Gasteiger partial charge < -0.3 is 4.74 Å². The van der Waals surface area contributed by atoms with Gasteiger partial charge in [-0.3, -0.25) is 4.79 Å². The minimum Gasteiger partial charge on any atom is -0.465 e. The molecule has 15 heavy (non-hydrogen) atoms. The van der Waals surface area contributed by atoms with Gasteiger partial charge in [-0.05, 0) is 25.2 Å². The summed E-state index contributed by atoms with van der Waals surface area (Å²) in [7, 11) is 0. The van der Waals surface area contributed by atoms with E-state index in [2.05, 4.69) is 6.07 Å². The van der Waals surface area contributed by atoms with Crippen LogP contribution in [0.25, 0.3) is 0 Å². The van der Waals surface area contributed by atoms with Crippen molar-refractivity contribution in [2.45, 2.75) is 46.0 Å². The fraction of sp³-hybridized carbons (Fsp3) is 0.833. The summed E-state index contributed by atoms with van der Waals surface area (Å²) in [5.74, 6) is -0.929. The predicted octanol–water partition coefficient (Wildman–Crippen LogP) is 2.66. The highest BCUT2D eigenvalue weighted by Crippen LogP contribution is 2.42. The van der Waals surface area contributed by atoms with Gasteiger partial charge in [0.1, 0.15) is 5.92 Å². The summed E-state index contributed by atoms with van der Waals surface area (Å²) in [6, 6.07) is 2.12. The van der Waals surface area contributed by atoms with Crippen LogP contribution >= 0.6 is 0 Å². The van der Waals surface area contributed by atoms with Gasteiger partial charge in [-0.25, -0.2) is 0 Å². The first-order valence-corrected chi connectivity index (χ1v) is 5.70. The van der Waals surface area contributed by atoms with E-state index >= 15 is 0 Å². The number of carbonyl (C=O) groups is 1. The van der Waals surface area contributed by atoms with Gasteiger partial charge in [0.15, 0.2) is 0 Å². The molecule has 0 spiro atoms. The van der Waals surface area contributed by atoms with Crippen molar-refractivity contribution in [1.82, 2.24) is 0 Å². The number of hydrogen-bond donors (Lipinski definition) is 0. The van der Waals surface area contributed by atoms with Crippen molar-refractivity contribution in [2.75, 3.05) is 6.61 Å². The number of nitriles is 1. The third kappa shape index (κ3) is 2.71. The molecular weight excluding hydrogens is 190 g/mol. The second-order valence-electron chi connectivity index (χ2n) is 4.53. The van der Waals surface area contributed by atoms with Crippen LogP contribution in [0.2, 0.25) is 0 Å². The molecule has 0 amide bonds. The molecule has 1 rings (SSSR count). The highest BCUT2D eigenvalue weighted by molar-refractivity contribution is 5.76. The van der Waals surface area contributed by atoms with Gasteiger partial charge in [0.25, 0.3) is 0 Å². The average Bonchev–Trinajstić information content (AvgIpc) is 2.19. The smallest absolute Gasteiger partial charge is 0.323 e. The van der Waals surface area contributed by atoms with Crippen LogP contribution in [0.5, 0.6) is 0 Å². The first kappa shape index (κ1) is 12.0. The Labute approximate surface area is 91.4 Å². The molecule has 0 aliphatic heterocycles. The van der Waals surface area contributed by atoms with Crippen molar-refractivity contribution < 1.29 is 9.53 Å². The lowest BCUT2D eigenvalue weighted by Gasteiger charge is -2.35. The van der Waals surface area contributed by atoms with E-state index in [0.29, 0.717) is 6.61 Å². The van der Waals surface area contributed by atoms with Crippen molar-refractivity contribution in [3.05, 3.63) is 0 Å². The molecule has 0 bridgehead atoms. The van der Waals surface area contributed by atoms with Crippen molar-refractivity contribution in [2.24, 2.45) is 11.3 Å². The lowest BCUT2D eigenvalue weighted by atomic mass is 9.68. The van der Waals surface area contributed by atoms with Crippen LogP contribution < -0.4 is 0 Å². The molecule has 0 N–H and O–H groups in total. The number of hydrogen-bond acceptors (Lipinski definition) is 3. The summed E-state index contributed by atoms with van der Waals surface area (Å²) < 4.78 is 4.95. The molecular formula is C12H19NO2. The van der Waals surface area contributed by atoms with Gasteiger partial charge in [0.2, 0.25) is 0 Å². The molecule has 0 aromatic rings. The van der Waals surface area contributed by atoms with Gasteiger partial charge >= 0.3 is 5.97 Å². The standard InChI is InChI=1S/C12H19NO2/c1-3-15-11(14)10(9-13)12(2)7-5-4-6-8-12/h10H,3-8H2,1-2H3. The molecule has 0 radical (unpaired) electrons. The highest BCUT2D eigenvalue weighted by atomic mass is 16.5. The molecule has 0 aromatic heterocycles. The summed E-state index contributed by atoms with van der Waals surface area (Å²) in [5.41, 5.74) is -0.167. The highest BCUT2D eigenvalue weighted by Gasteiger charge is 2.40. The zero-order valence-electron chi connectivity index (χ0n) is 9.58. The molecule has 3 nitrogen and oxygen atoms in total. The zero-order valence-corrected chi connectivity index (χ0v) is 9.58. The fourth-order valence-electron chi connectivity index (χ4n) is 2.37. The predicted molar refractivity (Wildman–Crippen MR) is 56.9 cm³/mol. The monoisotopic (exact) mass is 209 g/mol. The van der Waals surface area contributed by atoms with Crippen molar-refractivity contribution in [1.29, 1.82) is 5.26 Å². The average molecular weight is 209 g/mol. The number of carbonyl (C=O) groups excluding carboxylic acids is 1. The molecule has 0 heterocycles. The minimum absolute atomic E-state index is 0.167. The number of nitrogens with zero attached hydrogens (tertiary/aromatic N) is 1. The Morgan fingerprint density at radius 1 is 1.47 bits per heavy atom. The van der Waals surface area contributed by atoms with Crippen LogP contribution in [0.3, 0.4) is 0 Å². The molecule has 1 atom stereocenters. The summed E-state index contributed by atoms with van der Waals surface area (Å²) in [4.78, 5) is 11.6. The Balaban J connectivity index is 2.72. The van der Waals surface area contributed by atoms with Crippen LogP contribution in [0.4, 0.5) is 0 Å². The summed E-state index contributed by atoms with van der Waals surface area (Å²) in [5, 5.41) is 9.09. The minimum atomic E-state index is -0.585. The molecule has 0 aromatic carbocycles. The third-order valence-corrected chi connectivity index (χ3v) is 3.34. The Bertz CT molecular complexity index is 261. The number of ether oxygens (including phenoxy) is 1. The van der Waals surface area contributed by atoms with E-state index in [1.54, 1.807) is 6.92 Å². The molecule has 1 aliphatic rings. The van der Waals surface area contributed by atoms with E-state index < -0.39 is 5.92 Å². The number of esters is 1. The molecule has 0 saturated heterocycles. The third-order valence-electron chi connectivity index (χ3n) is 3.34. The SMILES string of the molecule is CCOC(=O)C(C#N)C1(C)CCCCC1. The van der Waals surface area contributed by atoms with Crippen molar-refractivity contribution >= 4 is 5.97 Å². The summed E-state index contributed by atoms with van der Waals surface area (Å²) in [6.45, 7) is 4.17. The quantitative estimate of drug-likeness (QED) is 0.671. The van der Waals surface area contributed by atoms with Gasteiger partial charge in [-0.15, -0.1) is 0 Å². The van der Waals surface area contributed by atoms with Gasteiger partial charge in [-0.1, -0.05) is 26.2 Å². The molecule has 3 heteroatoms. The van der Waals surface area contributed by atoms with E-state index in [-0.39, 0.29) is 11.4 Å². The van der Waals surface area contributed by atoms with Gasteiger partial charge in [0.05, 0.1) is 12.7 Å². The zero-order chi connectivity index (χ0) is 11.3. The van der Waals surface area contributed by atoms with Gasteiger partial charge in [0, 0.05) is 0 Å². The topological polar surface area (TPSA) is 50.1 Å². The first-order chi connectivity index (χ1) is 7.14. The lowest BCUT2D eigenvalue weighted by Crippen LogP contribution is -2.35. The summed E-state index contributed by atoms with van der Waals surface area (Å²) in [6.07, 6.45) is 5.38. The van der Waals surface area contributed by atoms with E-state index in [0.717, 1.165) is 25.7 Å². The fourth-order valence-corrected chi connectivity index (χ4v) is 2.37. The Morgan fingerprint density at radius 2 is 2.07 bits per heavy atom. The maximum atomic E-state index is 11.6. The van der Waals surface area contributed by atoms with Crippen molar-refractivity contribution in [3.63, 3.8) is 0 Å². The molecule has 1 aliphatic carbocycles.